The monoisotopic (exact) mass is 408 g/mol. The summed E-state index contributed by atoms with van der Waals surface area (Å²) in [6.45, 7) is 2.68. The van der Waals surface area contributed by atoms with Crippen LogP contribution in [-0.2, 0) is 19.6 Å². The minimum Gasteiger partial charge on any atom is -0.491 e. The zero-order valence-corrected chi connectivity index (χ0v) is 17.3. The van der Waals surface area contributed by atoms with Crippen LogP contribution in [-0.4, -0.2) is 36.3 Å². The van der Waals surface area contributed by atoms with Crippen LogP contribution >= 0.6 is 0 Å². The lowest BCUT2D eigenvalue weighted by Gasteiger charge is -2.21. The Morgan fingerprint density at radius 2 is 1.60 bits per heavy atom. The molecule has 0 saturated heterocycles. The smallest absolute Gasteiger partial charge is 0.127 e. The maximum atomic E-state index is 13.6. The van der Waals surface area contributed by atoms with Crippen LogP contribution in [0.5, 0.6) is 5.75 Å². The molecule has 0 fully saturated rings. The van der Waals surface area contributed by atoms with Gasteiger partial charge in [-0.2, -0.15) is 0 Å². The topological polar surface area (TPSA) is 44.7 Å². The predicted octanol–water partition coefficient (Wildman–Crippen LogP) is 3.99. The summed E-state index contributed by atoms with van der Waals surface area (Å²) in [5, 5.41) is 13.5. The largest absolute Gasteiger partial charge is 0.491 e. The molecular formula is C25H29FN2O2. The van der Waals surface area contributed by atoms with Crippen molar-refractivity contribution in [2.24, 2.45) is 0 Å². The molecule has 0 aliphatic heterocycles. The van der Waals surface area contributed by atoms with Gasteiger partial charge in [-0.25, -0.2) is 4.39 Å². The third kappa shape index (κ3) is 7.26. The van der Waals surface area contributed by atoms with Gasteiger partial charge in [-0.3, -0.25) is 4.90 Å². The first-order valence-electron chi connectivity index (χ1n) is 10.2. The van der Waals surface area contributed by atoms with E-state index in [4.69, 9.17) is 4.74 Å². The van der Waals surface area contributed by atoms with E-state index in [1.807, 2.05) is 55.6 Å². The quantitative estimate of drug-likeness (QED) is 0.504. The van der Waals surface area contributed by atoms with Gasteiger partial charge in [0.15, 0.2) is 0 Å². The van der Waals surface area contributed by atoms with Crippen LogP contribution in [0, 0.1) is 5.82 Å². The number of benzene rings is 3. The Balaban J connectivity index is 1.37. The van der Waals surface area contributed by atoms with Gasteiger partial charge in [0, 0.05) is 31.7 Å². The summed E-state index contributed by atoms with van der Waals surface area (Å²) in [6, 6.07) is 24.7. The van der Waals surface area contributed by atoms with Crippen LogP contribution in [0.2, 0.25) is 0 Å². The second kappa shape index (κ2) is 11.5. The van der Waals surface area contributed by atoms with Crippen molar-refractivity contribution in [2.45, 2.75) is 25.7 Å². The molecular weight excluding hydrogens is 379 g/mol. The molecule has 3 aromatic carbocycles. The maximum absolute atomic E-state index is 13.6. The van der Waals surface area contributed by atoms with Crippen LogP contribution in [0.1, 0.15) is 16.7 Å². The van der Waals surface area contributed by atoms with Gasteiger partial charge in [0.25, 0.3) is 0 Å². The zero-order chi connectivity index (χ0) is 21.2. The van der Waals surface area contributed by atoms with E-state index in [2.05, 4.69) is 22.3 Å². The van der Waals surface area contributed by atoms with Gasteiger partial charge in [0.05, 0.1) is 0 Å². The van der Waals surface area contributed by atoms with Gasteiger partial charge < -0.3 is 15.2 Å². The van der Waals surface area contributed by atoms with Crippen molar-refractivity contribution in [1.29, 1.82) is 0 Å². The minimum absolute atomic E-state index is 0.193. The molecule has 0 aliphatic rings. The number of aliphatic hydroxyl groups excluding tert-OH is 1. The Bertz CT molecular complexity index is 887. The van der Waals surface area contributed by atoms with Crippen molar-refractivity contribution < 1.29 is 14.2 Å². The Labute approximate surface area is 177 Å². The highest BCUT2D eigenvalue weighted by molar-refractivity contribution is 5.27. The normalized spacial score (nSPS) is 12.1. The number of likely N-dealkylation sites (N-methyl/N-ethyl adjacent to an activating group) is 1. The highest BCUT2D eigenvalue weighted by atomic mass is 19.1. The van der Waals surface area contributed by atoms with Crippen molar-refractivity contribution in [3.63, 3.8) is 0 Å². The van der Waals surface area contributed by atoms with Crippen molar-refractivity contribution >= 4 is 0 Å². The van der Waals surface area contributed by atoms with Crippen molar-refractivity contribution in [2.75, 3.05) is 20.2 Å². The fraction of sp³-hybridized carbons (Fsp3) is 0.280. The summed E-state index contributed by atoms with van der Waals surface area (Å²) in [7, 11) is 1.99. The average Bonchev–Trinajstić information content (AvgIpc) is 2.75. The van der Waals surface area contributed by atoms with Crippen LogP contribution in [0.3, 0.4) is 0 Å². The van der Waals surface area contributed by atoms with Gasteiger partial charge in [-0.1, -0.05) is 60.7 Å². The van der Waals surface area contributed by atoms with Gasteiger partial charge in [0.1, 0.15) is 24.3 Å². The summed E-state index contributed by atoms with van der Waals surface area (Å²) in [4.78, 5) is 2.08. The average molecular weight is 409 g/mol. The number of hydrogen-bond donors (Lipinski definition) is 2. The lowest BCUT2D eigenvalue weighted by Crippen LogP contribution is -2.32. The second-order valence-corrected chi connectivity index (χ2v) is 7.49. The highest BCUT2D eigenvalue weighted by Crippen LogP contribution is 2.13. The summed E-state index contributed by atoms with van der Waals surface area (Å²) in [5.41, 5.74) is 2.96. The Hall–Kier alpha value is -2.73. The van der Waals surface area contributed by atoms with Crippen LogP contribution in [0.25, 0.3) is 0 Å². The molecule has 3 aromatic rings. The maximum Gasteiger partial charge on any atom is 0.127 e. The van der Waals surface area contributed by atoms with Crippen LogP contribution in [0.15, 0.2) is 78.9 Å². The molecule has 0 saturated carbocycles. The van der Waals surface area contributed by atoms with Gasteiger partial charge in [0.2, 0.25) is 0 Å². The lowest BCUT2D eigenvalue weighted by molar-refractivity contribution is 0.0744. The SMILES string of the molecule is CN(Cc1ccccc1)C[C@@H](O)COc1ccc(CNCc2ccccc2F)cc1. The Morgan fingerprint density at radius 3 is 2.33 bits per heavy atom. The molecule has 2 N–H and O–H groups in total. The van der Waals surface area contributed by atoms with E-state index in [9.17, 15) is 9.50 Å². The first kappa shape index (κ1) is 22.0. The van der Waals surface area contributed by atoms with E-state index in [1.165, 1.54) is 11.6 Å². The molecule has 1 atom stereocenters. The molecule has 30 heavy (non-hydrogen) atoms. The molecule has 0 aromatic heterocycles. The van der Waals surface area contributed by atoms with Crippen molar-refractivity contribution in [1.82, 2.24) is 10.2 Å². The molecule has 0 radical (unpaired) electrons. The third-order valence-corrected chi connectivity index (χ3v) is 4.79. The summed E-state index contributed by atoms with van der Waals surface area (Å²) < 4.78 is 19.3. The first-order chi connectivity index (χ1) is 14.6. The highest BCUT2D eigenvalue weighted by Gasteiger charge is 2.10. The summed E-state index contributed by atoms with van der Waals surface area (Å²) >= 11 is 0. The van der Waals surface area contributed by atoms with E-state index >= 15 is 0 Å². The number of hydrogen-bond acceptors (Lipinski definition) is 4. The number of nitrogens with zero attached hydrogens (tertiary/aromatic N) is 1. The number of ether oxygens (including phenoxy) is 1. The number of aliphatic hydroxyl groups is 1. The van der Waals surface area contributed by atoms with Crippen molar-refractivity contribution in [3.8, 4) is 5.75 Å². The van der Waals surface area contributed by atoms with Gasteiger partial charge >= 0.3 is 0 Å². The van der Waals surface area contributed by atoms with E-state index in [-0.39, 0.29) is 12.4 Å². The lowest BCUT2D eigenvalue weighted by atomic mass is 10.2. The zero-order valence-electron chi connectivity index (χ0n) is 17.3. The van der Waals surface area contributed by atoms with E-state index in [1.54, 1.807) is 12.1 Å². The second-order valence-electron chi connectivity index (χ2n) is 7.49. The van der Waals surface area contributed by atoms with Crippen LogP contribution < -0.4 is 10.1 Å². The number of rotatable bonds is 11. The van der Waals surface area contributed by atoms with E-state index < -0.39 is 6.10 Å². The molecule has 0 bridgehead atoms. The van der Waals surface area contributed by atoms with Crippen LogP contribution in [0.4, 0.5) is 4.39 Å². The number of nitrogens with one attached hydrogen (secondary N) is 1. The fourth-order valence-corrected chi connectivity index (χ4v) is 3.25. The molecule has 5 heteroatoms. The molecule has 158 valence electrons. The minimum atomic E-state index is -0.569. The van der Waals surface area contributed by atoms with Gasteiger partial charge in [-0.05, 0) is 36.4 Å². The molecule has 4 nitrogen and oxygen atoms in total. The molecule has 3 rings (SSSR count). The molecule has 0 heterocycles. The van der Waals surface area contributed by atoms with Crippen molar-refractivity contribution in [3.05, 3.63) is 101 Å². The molecule has 0 aliphatic carbocycles. The predicted molar refractivity (Wildman–Crippen MR) is 118 cm³/mol. The van der Waals surface area contributed by atoms with E-state index in [0.29, 0.717) is 25.2 Å². The van der Waals surface area contributed by atoms with Gasteiger partial charge in [-0.15, -0.1) is 0 Å². The first-order valence-corrected chi connectivity index (χ1v) is 10.2. The Morgan fingerprint density at radius 1 is 0.900 bits per heavy atom. The standard InChI is InChI=1S/C25H29FN2O2/c1-28(17-21-7-3-2-4-8-21)18-23(29)19-30-24-13-11-20(12-14-24)15-27-16-22-9-5-6-10-25(22)26/h2-14,23,27,29H,15-19H2,1H3/t23-/m1/s1. The summed E-state index contributed by atoms with van der Waals surface area (Å²) in [6.07, 6.45) is -0.569. The third-order valence-electron chi connectivity index (χ3n) is 4.79. The fourth-order valence-electron chi connectivity index (χ4n) is 3.25. The number of halogens is 1. The molecule has 0 unspecified atom stereocenters. The van der Waals surface area contributed by atoms with E-state index in [0.717, 1.165) is 17.9 Å². The Kier molecular flexibility index (Phi) is 8.39. The summed E-state index contributed by atoms with van der Waals surface area (Å²) in [5.74, 6) is 0.527. The molecule has 0 spiro atoms. The molecule has 0 amide bonds.